The molecule has 0 unspecified atom stereocenters. The lowest BCUT2D eigenvalue weighted by Crippen LogP contribution is -2.57. The lowest BCUT2D eigenvalue weighted by atomic mass is 9.44. The normalized spacial score (nSPS) is 13.4. The van der Waals surface area contributed by atoms with E-state index in [9.17, 15) is 0 Å². The molecule has 0 amide bonds. The Kier molecular flexibility index (Phi) is 4.15. The smallest absolute Gasteiger partial charge is 0.333 e. The van der Waals surface area contributed by atoms with E-state index in [0.29, 0.717) is 0 Å². The summed E-state index contributed by atoms with van der Waals surface area (Å²) in [5, 5.41) is 8.70. The van der Waals surface area contributed by atoms with Gasteiger partial charge in [0.2, 0.25) is 0 Å². The maximum absolute atomic E-state index is 6.35. The third-order valence-corrected chi connectivity index (χ3v) is 9.99. The highest BCUT2D eigenvalue weighted by Gasteiger charge is 2.44. The van der Waals surface area contributed by atoms with Crippen LogP contribution in [0.3, 0.4) is 0 Å². The molecule has 4 heterocycles. The average molecular weight is 558 g/mol. The fraction of sp³-hybridized carbons (Fsp3) is 0. The van der Waals surface area contributed by atoms with E-state index in [1.807, 2.05) is 6.26 Å². The van der Waals surface area contributed by atoms with E-state index in [0.717, 1.165) is 16.7 Å². The molecule has 0 atom stereocenters. The molecule has 4 heteroatoms. The van der Waals surface area contributed by atoms with E-state index in [4.69, 9.17) is 4.42 Å². The summed E-state index contributed by atoms with van der Waals surface area (Å²) in [7, 11) is 0. The highest BCUT2D eigenvalue weighted by molar-refractivity contribution is 6.92. The molecule has 7 aromatic carbocycles. The molecule has 0 aliphatic carbocycles. The highest BCUT2D eigenvalue weighted by Crippen LogP contribution is 2.48. The first-order valence-corrected chi connectivity index (χ1v) is 15.2. The van der Waals surface area contributed by atoms with Crippen LogP contribution in [0.25, 0.3) is 65.4 Å². The van der Waals surface area contributed by atoms with Crippen LogP contribution in [-0.4, -0.2) is 11.3 Å². The Hall–Kier alpha value is -5.74. The number of furan rings is 1. The van der Waals surface area contributed by atoms with Crippen molar-refractivity contribution >= 4 is 89.2 Å². The van der Waals surface area contributed by atoms with Crippen molar-refractivity contribution in [2.45, 2.75) is 0 Å². The van der Waals surface area contributed by atoms with Gasteiger partial charge in [0.25, 0.3) is 0 Å². The first-order valence-electron chi connectivity index (χ1n) is 15.2. The zero-order chi connectivity index (χ0) is 28.5. The second-order valence-corrected chi connectivity index (χ2v) is 12.1. The van der Waals surface area contributed by atoms with Crippen molar-refractivity contribution in [2.75, 3.05) is 4.90 Å². The Morgan fingerprint density at radius 3 is 2.23 bits per heavy atom. The summed E-state index contributed by atoms with van der Waals surface area (Å²) in [5.41, 5.74) is 12.1. The van der Waals surface area contributed by atoms with Gasteiger partial charge in [0, 0.05) is 55.4 Å². The minimum atomic E-state index is -0.0235. The number of para-hydroxylation sites is 2. The standard InChI is InChI=1S/C40H23BN2O/c1-2-10-26-22-28(18-16-24(26)8-1)42-34-19-17-25-9-3-4-11-29(25)37(34)41-38-35(42)23-27-20-21-44-40(27)36(38)32-14-7-13-31-30-12-5-6-15-33(30)43(41)39(31)32/h1-23H. The zero-order valence-corrected chi connectivity index (χ0v) is 23.7. The van der Waals surface area contributed by atoms with Gasteiger partial charge in [0.1, 0.15) is 5.58 Å². The van der Waals surface area contributed by atoms with Gasteiger partial charge in [-0.25, -0.2) is 0 Å². The van der Waals surface area contributed by atoms with Crippen LogP contribution in [0.2, 0.25) is 0 Å². The monoisotopic (exact) mass is 558 g/mol. The van der Waals surface area contributed by atoms with Crippen molar-refractivity contribution < 1.29 is 4.42 Å². The van der Waals surface area contributed by atoms with E-state index in [1.54, 1.807) is 0 Å². The number of hydrogen-bond donors (Lipinski definition) is 0. The number of fused-ring (bicyclic) bond motifs is 12. The van der Waals surface area contributed by atoms with Gasteiger partial charge in [0.05, 0.1) is 6.26 Å². The molecular weight excluding hydrogens is 535 g/mol. The number of anilines is 3. The molecule has 2 aliphatic rings. The van der Waals surface area contributed by atoms with E-state index < -0.39 is 0 Å². The lowest BCUT2D eigenvalue weighted by Gasteiger charge is -2.41. The molecule has 44 heavy (non-hydrogen) atoms. The molecular formula is C40H23BN2O. The Balaban J connectivity index is 1.38. The minimum absolute atomic E-state index is 0.0235. The molecule has 11 rings (SSSR count). The van der Waals surface area contributed by atoms with E-state index >= 15 is 0 Å². The molecule has 0 fully saturated rings. The van der Waals surface area contributed by atoms with Gasteiger partial charge in [-0.3, -0.25) is 0 Å². The maximum Gasteiger partial charge on any atom is 0.333 e. The predicted molar refractivity (Wildman–Crippen MR) is 185 cm³/mol. The maximum atomic E-state index is 6.35. The van der Waals surface area contributed by atoms with Gasteiger partial charge >= 0.3 is 6.85 Å². The lowest BCUT2D eigenvalue weighted by molar-refractivity contribution is 0.617. The van der Waals surface area contributed by atoms with Crippen molar-refractivity contribution in [3.63, 3.8) is 0 Å². The topological polar surface area (TPSA) is 21.3 Å². The molecule has 0 N–H and O–H groups in total. The molecule has 0 bridgehead atoms. The number of aromatic nitrogens is 1. The minimum Gasteiger partial charge on any atom is -0.464 e. The summed E-state index contributed by atoms with van der Waals surface area (Å²) < 4.78 is 8.97. The van der Waals surface area contributed by atoms with Crippen molar-refractivity contribution in [3.8, 4) is 11.1 Å². The first-order chi connectivity index (χ1) is 21.8. The van der Waals surface area contributed by atoms with Crippen molar-refractivity contribution in [3.05, 3.63) is 140 Å². The van der Waals surface area contributed by atoms with E-state index in [1.165, 1.54) is 76.8 Å². The molecule has 0 spiro atoms. The van der Waals surface area contributed by atoms with Gasteiger partial charge in [-0.05, 0) is 68.9 Å². The van der Waals surface area contributed by atoms with Crippen LogP contribution in [-0.2, 0) is 0 Å². The Bertz CT molecular complexity index is 2700. The second kappa shape index (κ2) is 8.00. The number of benzene rings is 7. The predicted octanol–water partition coefficient (Wildman–Crippen LogP) is 9.26. The van der Waals surface area contributed by atoms with Crippen LogP contribution in [0, 0.1) is 0 Å². The highest BCUT2D eigenvalue weighted by atomic mass is 16.3. The summed E-state index contributed by atoms with van der Waals surface area (Å²) >= 11 is 0. The number of hydrogen-bond acceptors (Lipinski definition) is 2. The van der Waals surface area contributed by atoms with Gasteiger partial charge in [-0.1, -0.05) is 97.1 Å². The molecule has 0 saturated heterocycles. The van der Waals surface area contributed by atoms with Gasteiger partial charge in [-0.2, -0.15) is 0 Å². The summed E-state index contributed by atoms with van der Waals surface area (Å²) in [5.74, 6) is 0. The summed E-state index contributed by atoms with van der Waals surface area (Å²) in [6.07, 6.45) is 1.84. The Morgan fingerprint density at radius 1 is 0.523 bits per heavy atom. The molecule has 202 valence electrons. The van der Waals surface area contributed by atoms with Crippen molar-refractivity contribution in [2.24, 2.45) is 0 Å². The third-order valence-electron chi connectivity index (χ3n) is 9.99. The van der Waals surface area contributed by atoms with Gasteiger partial charge in [-0.15, -0.1) is 0 Å². The molecule has 0 saturated carbocycles. The number of nitrogens with zero attached hydrogens (tertiary/aromatic N) is 2. The Labute approximate surface area is 253 Å². The fourth-order valence-electron chi connectivity index (χ4n) is 8.26. The van der Waals surface area contributed by atoms with Crippen molar-refractivity contribution in [1.29, 1.82) is 0 Å². The number of rotatable bonds is 1. The second-order valence-electron chi connectivity index (χ2n) is 12.1. The van der Waals surface area contributed by atoms with E-state index in [2.05, 4.69) is 143 Å². The van der Waals surface area contributed by atoms with Crippen LogP contribution >= 0.6 is 0 Å². The first kappa shape index (κ1) is 22.8. The molecule has 9 aromatic rings. The molecule has 2 aliphatic heterocycles. The largest absolute Gasteiger partial charge is 0.464 e. The van der Waals surface area contributed by atoms with Crippen LogP contribution in [0.4, 0.5) is 17.1 Å². The summed E-state index contributed by atoms with van der Waals surface area (Å²) in [6.45, 7) is -0.0235. The van der Waals surface area contributed by atoms with Gasteiger partial charge < -0.3 is 13.8 Å². The van der Waals surface area contributed by atoms with Crippen LogP contribution in [0.1, 0.15) is 0 Å². The van der Waals surface area contributed by atoms with Crippen LogP contribution < -0.4 is 15.8 Å². The third kappa shape index (κ3) is 2.70. The SMILES string of the molecule is c1ccc2cc(N3c4cc5ccoc5c5c4B(c4c3ccc3ccccc43)n3c4ccccc4c4cccc-5c43)ccc2c1. The summed E-state index contributed by atoms with van der Waals surface area (Å²) in [4.78, 5) is 2.49. The van der Waals surface area contributed by atoms with Crippen LogP contribution in [0.5, 0.6) is 0 Å². The van der Waals surface area contributed by atoms with Crippen LogP contribution in [0.15, 0.2) is 144 Å². The van der Waals surface area contributed by atoms with Crippen molar-refractivity contribution in [1.82, 2.24) is 4.48 Å². The quantitative estimate of drug-likeness (QED) is 0.187. The Morgan fingerprint density at radius 2 is 1.30 bits per heavy atom. The van der Waals surface area contributed by atoms with E-state index in [-0.39, 0.29) is 6.85 Å². The van der Waals surface area contributed by atoms with Gasteiger partial charge in [0.15, 0.2) is 0 Å². The molecule has 3 nitrogen and oxygen atoms in total. The fourth-order valence-corrected chi connectivity index (χ4v) is 8.26. The average Bonchev–Trinajstić information content (AvgIpc) is 3.69. The molecule has 0 radical (unpaired) electrons. The molecule has 2 aromatic heterocycles. The zero-order valence-electron chi connectivity index (χ0n) is 23.7. The summed E-state index contributed by atoms with van der Waals surface area (Å²) in [6, 6.07) is 49.1.